The van der Waals surface area contributed by atoms with Gasteiger partial charge in [0.25, 0.3) is 0 Å². The number of carbonyl (C=O) groups is 2. The summed E-state index contributed by atoms with van der Waals surface area (Å²) in [6.45, 7) is 0. The lowest BCUT2D eigenvalue weighted by Gasteiger charge is -1.94. The molecule has 0 aliphatic carbocycles. The van der Waals surface area contributed by atoms with Gasteiger partial charge in [0.15, 0.2) is 0 Å². The number of hydrogen-bond donors (Lipinski definition) is 2. The average molecular weight is 206 g/mol. The van der Waals surface area contributed by atoms with E-state index in [0.717, 1.165) is 0 Å². The number of pyridine rings is 1. The fourth-order valence-electron chi connectivity index (χ4n) is 0.926. The van der Waals surface area contributed by atoms with E-state index in [1.807, 2.05) is 0 Å². The van der Waals surface area contributed by atoms with E-state index in [4.69, 9.17) is 10.8 Å². The number of hydrogen-bond acceptors (Lipinski definition) is 3. The Balaban J connectivity index is 2.68. The highest BCUT2D eigenvalue weighted by Crippen LogP contribution is 2.02. The molecular formula is C10H10N2O3. The van der Waals surface area contributed by atoms with E-state index in [1.54, 1.807) is 18.2 Å². The molecule has 0 bridgehead atoms. The van der Waals surface area contributed by atoms with Crippen molar-refractivity contribution >= 4 is 18.0 Å². The van der Waals surface area contributed by atoms with E-state index < -0.39 is 11.9 Å². The minimum atomic E-state index is -1.02. The van der Waals surface area contributed by atoms with Gasteiger partial charge in [-0.3, -0.25) is 9.78 Å². The van der Waals surface area contributed by atoms with Crippen LogP contribution in [0.5, 0.6) is 0 Å². The minimum Gasteiger partial charge on any atom is -0.478 e. The van der Waals surface area contributed by atoms with Gasteiger partial charge in [-0.1, -0.05) is 6.08 Å². The van der Waals surface area contributed by atoms with Crippen LogP contribution in [0, 0.1) is 0 Å². The maximum absolute atomic E-state index is 10.5. The number of carboxylic acid groups (broad SMARTS) is 1. The molecule has 3 N–H and O–H groups in total. The van der Waals surface area contributed by atoms with Gasteiger partial charge in [-0.05, 0) is 18.2 Å². The molecule has 0 aromatic carbocycles. The Kier molecular flexibility index (Phi) is 3.56. The summed E-state index contributed by atoms with van der Waals surface area (Å²) in [4.78, 5) is 24.8. The summed E-state index contributed by atoms with van der Waals surface area (Å²) in [7, 11) is 0. The summed E-state index contributed by atoms with van der Waals surface area (Å²) < 4.78 is 0. The number of carboxylic acids is 1. The number of carbonyl (C=O) groups excluding carboxylic acids is 1. The van der Waals surface area contributed by atoms with Gasteiger partial charge in [0.2, 0.25) is 5.91 Å². The van der Waals surface area contributed by atoms with Crippen LogP contribution < -0.4 is 5.73 Å². The minimum absolute atomic E-state index is 0.127. The maximum atomic E-state index is 10.5. The highest BCUT2D eigenvalue weighted by Gasteiger charge is 2.00. The predicted molar refractivity (Wildman–Crippen MR) is 54.0 cm³/mol. The van der Waals surface area contributed by atoms with E-state index in [9.17, 15) is 9.59 Å². The molecule has 0 spiro atoms. The van der Waals surface area contributed by atoms with Gasteiger partial charge in [0.05, 0.1) is 11.3 Å². The van der Waals surface area contributed by atoms with Gasteiger partial charge in [-0.2, -0.15) is 0 Å². The Labute approximate surface area is 86.2 Å². The van der Waals surface area contributed by atoms with Crippen LogP contribution in [0.2, 0.25) is 0 Å². The molecule has 5 nitrogen and oxygen atoms in total. The predicted octanol–water partition coefficient (Wildman–Crippen LogP) is 0.668. The van der Waals surface area contributed by atoms with E-state index in [-0.39, 0.29) is 12.0 Å². The second-order valence-corrected chi connectivity index (χ2v) is 2.85. The Morgan fingerprint density at radius 3 is 2.67 bits per heavy atom. The number of amides is 1. The summed E-state index contributed by atoms with van der Waals surface area (Å²) in [6.07, 6.45) is 4.58. The molecule has 1 rings (SSSR count). The van der Waals surface area contributed by atoms with Gasteiger partial charge in [-0.25, -0.2) is 4.79 Å². The molecule has 1 aromatic rings. The zero-order valence-electron chi connectivity index (χ0n) is 7.88. The molecule has 0 saturated carbocycles. The summed E-state index contributed by atoms with van der Waals surface area (Å²) in [5, 5.41) is 8.61. The topological polar surface area (TPSA) is 93.3 Å². The molecule has 1 aromatic heterocycles. The van der Waals surface area contributed by atoms with Crippen molar-refractivity contribution in [2.75, 3.05) is 0 Å². The first-order valence-corrected chi connectivity index (χ1v) is 4.24. The van der Waals surface area contributed by atoms with Crippen molar-refractivity contribution in [3.63, 3.8) is 0 Å². The van der Waals surface area contributed by atoms with Gasteiger partial charge >= 0.3 is 5.97 Å². The fraction of sp³-hybridized carbons (Fsp3) is 0.100. The Hall–Kier alpha value is -2.17. The van der Waals surface area contributed by atoms with Crippen molar-refractivity contribution in [1.29, 1.82) is 0 Å². The SMILES string of the molecule is NC(=O)CC=Cc1ccc(C(=O)O)cn1. The van der Waals surface area contributed by atoms with Crippen LogP contribution in [0.1, 0.15) is 22.5 Å². The van der Waals surface area contributed by atoms with Crippen LogP contribution in [0.3, 0.4) is 0 Å². The van der Waals surface area contributed by atoms with Crippen molar-refractivity contribution in [2.45, 2.75) is 6.42 Å². The Morgan fingerprint density at radius 1 is 1.47 bits per heavy atom. The summed E-state index contributed by atoms with van der Waals surface area (Å²) >= 11 is 0. The first-order valence-electron chi connectivity index (χ1n) is 4.24. The fourth-order valence-corrected chi connectivity index (χ4v) is 0.926. The van der Waals surface area contributed by atoms with E-state index in [1.165, 1.54) is 12.3 Å². The number of rotatable bonds is 4. The molecule has 0 saturated heterocycles. The third kappa shape index (κ3) is 3.60. The van der Waals surface area contributed by atoms with Crippen molar-refractivity contribution in [3.05, 3.63) is 35.7 Å². The molecule has 0 fully saturated rings. The van der Waals surface area contributed by atoms with E-state index >= 15 is 0 Å². The molecule has 5 heteroatoms. The van der Waals surface area contributed by atoms with E-state index in [0.29, 0.717) is 5.69 Å². The zero-order chi connectivity index (χ0) is 11.3. The molecule has 1 amide bonds. The van der Waals surface area contributed by atoms with Crippen LogP contribution in [0.15, 0.2) is 24.4 Å². The largest absolute Gasteiger partial charge is 0.478 e. The van der Waals surface area contributed by atoms with Gasteiger partial charge in [-0.15, -0.1) is 0 Å². The molecule has 78 valence electrons. The molecule has 0 atom stereocenters. The summed E-state index contributed by atoms with van der Waals surface area (Å²) in [5.74, 6) is -1.44. The third-order valence-corrected chi connectivity index (χ3v) is 1.64. The second-order valence-electron chi connectivity index (χ2n) is 2.85. The lowest BCUT2D eigenvalue weighted by atomic mass is 10.2. The maximum Gasteiger partial charge on any atom is 0.337 e. The molecule has 0 radical (unpaired) electrons. The number of aromatic nitrogens is 1. The zero-order valence-corrected chi connectivity index (χ0v) is 7.88. The number of nitrogens with zero attached hydrogens (tertiary/aromatic N) is 1. The first kappa shape index (κ1) is 10.9. The van der Waals surface area contributed by atoms with Crippen LogP contribution in [0.4, 0.5) is 0 Å². The summed E-state index contributed by atoms with van der Waals surface area (Å²) in [5.41, 5.74) is 5.64. The molecule has 15 heavy (non-hydrogen) atoms. The lowest BCUT2D eigenvalue weighted by molar-refractivity contribution is -0.117. The van der Waals surface area contributed by atoms with Crippen LogP contribution in [0.25, 0.3) is 6.08 Å². The highest BCUT2D eigenvalue weighted by molar-refractivity contribution is 5.87. The Morgan fingerprint density at radius 2 is 2.20 bits per heavy atom. The first-order chi connectivity index (χ1) is 7.09. The molecule has 0 unspecified atom stereocenters. The molecule has 0 aliphatic rings. The van der Waals surface area contributed by atoms with Crippen molar-refractivity contribution < 1.29 is 14.7 Å². The van der Waals surface area contributed by atoms with Crippen molar-refractivity contribution in [3.8, 4) is 0 Å². The third-order valence-electron chi connectivity index (χ3n) is 1.64. The van der Waals surface area contributed by atoms with Crippen LogP contribution in [-0.4, -0.2) is 22.0 Å². The number of aromatic carboxylic acids is 1. The standard InChI is InChI=1S/C10H10N2O3/c11-9(13)3-1-2-8-5-4-7(6-12-8)10(14)15/h1-2,4-6H,3H2,(H2,11,13)(H,14,15). The monoisotopic (exact) mass is 206 g/mol. The summed E-state index contributed by atoms with van der Waals surface area (Å²) in [6, 6.07) is 3.00. The highest BCUT2D eigenvalue weighted by atomic mass is 16.4. The van der Waals surface area contributed by atoms with Crippen molar-refractivity contribution in [1.82, 2.24) is 4.98 Å². The quantitative estimate of drug-likeness (QED) is 0.757. The lowest BCUT2D eigenvalue weighted by Crippen LogP contribution is -2.07. The normalized spacial score (nSPS) is 10.4. The number of nitrogens with two attached hydrogens (primary N) is 1. The smallest absolute Gasteiger partial charge is 0.337 e. The Bertz CT molecular complexity index is 396. The van der Waals surface area contributed by atoms with Gasteiger partial charge in [0, 0.05) is 12.6 Å². The van der Waals surface area contributed by atoms with Crippen LogP contribution in [-0.2, 0) is 4.79 Å². The van der Waals surface area contributed by atoms with Gasteiger partial charge < -0.3 is 10.8 Å². The molecule has 1 heterocycles. The average Bonchev–Trinajstić information content (AvgIpc) is 2.18. The van der Waals surface area contributed by atoms with Crippen molar-refractivity contribution in [2.24, 2.45) is 5.73 Å². The van der Waals surface area contributed by atoms with Gasteiger partial charge in [0.1, 0.15) is 0 Å². The van der Waals surface area contributed by atoms with Crippen LogP contribution >= 0.6 is 0 Å². The number of primary amides is 1. The second kappa shape index (κ2) is 4.90. The van der Waals surface area contributed by atoms with E-state index in [2.05, 4.69) is 4.98 Å². The molecule has 0 aliphatic heterocycles. The molecular weight excluding hydrogens is 196 g/mol.